The number of ketones is 1. The van der Waals surface area contributed by atoms with Gasteiger partial charge < -0.3 is 14.6 Å². The van der Waals surface area contributed by atoms with Crippen molar-refractivity contribution in [1.82, 2.24) is 4.57 Å². The molecule has 5 nitrogen and oxygen atoms in total. The van der Waals surface area contributed by atoms with E-state index >= 15 is 0 Å². The molecule has 0 aliphatic heterocycles. The fourth-order valence-corrected chi connectivity index (χ4v) is 4.21. The van der Waals surface area contributed by atoms with Crippen LogP contribution in [0.5, 0.6) is 5.75 Å². The number of aromatic nitrogens is 1. The molecule has 0 radical (unpaired) electrons. The number of hydrogen-bond donors (Lipinski definition) is 1. The number of hydrogen-bond acceptors (Lipinski definition) is 3. The summed E-state index contributed by atoms with van der Waals surface area (Å²) in [7, 11) is 3.42. The molecule has 4 rings (SSSR count). The predicted octanol–water partition coefficient (Wildman–Crippen LogP) is 5.91. The molecule has 0 spiro atoms. The molecular formula is C25H20Cl2N2O3. The first-order valence-corrected chi connectivity index (χ1v) is 10.6. The third kappa shape index (κ3) is 4.22. The van der Waals surface area contributed by atoms with E-state index in [0.29, 0.717) is 44.5 Å². The number of Topliss-reactive ketones (excluding diaryl/α,β-unsaturated/α-hetero) is 1. The van der Waals surface area contributed by atoms with Gasteiger partial charge in [-0.25, -0.2) is 0 Å². The number of methoxy groups -OCH3 is 1. The van der Waals surface area contributed by atoms with E-state index in [2.05, 4.69) is 5.32 Å². The van der Waals surface area contributed by atoms with Gasteiger partial charge in [0.25, 0.3) is 11.7 Å². The quantitative estimate of drug-likeness (QED) is 0.284. The highest BCUT2D eigenvalue weighted by atomic mass is 35.5. The fraction of sp³-hybridized carbons (Fsp3) is 0.120. The number of aryl methyl sites for hydroxylation is 1. The average molecular weight is 467 g/mol. The summed E-state index contributed by atoms with van der Waals surface area (Å²) in [5.41, 5.74) is 3.14. The second-order valence-electron chi connectivity index (χ2n) is 7.33. The Hall–Kier alpha value is -3.28. The van der Waals surface area contributed by atoms with Crippen LogP contribution in [0.3, 0.4) is 0 Å². The van der Waals surface area contributed by atoms with Crippen molar-refractivity contribution in [2.75, 3.05) is 12.4 Å². The summed E-state index contributed by atoms with van der Waals surface area (Å²) in [6.45, 7) is 0. The highest BCUT2D eigenvalue weighted by Crippen LogP contribution is 2.33. The number of anilines is 1. The smallest absolute Gasteiger partial charge is 0.296 e. The first-order chi connectivity index (χ1) is 15.4. The maximum absolute atomic E-state index is 13.4. The zero-order valence-corrected chi connectivity index (χ0v) is 19.0. The monoisotopic (exact) mass is 466 g/mol. The van der Waals surface area contributed by atoms with Crippen molar-refractivity contribution in [1.29, 1.82) is 0 Å². The Kier molecular flexibility index (Phi) is 6.21. The molecule has 7 heteroatoms. The van der Waals surface area contributed by atoms with Crippen LogP contribution in [0, 0.1) is 0 Å². The molecule has 0 unspecified atom stereocenters. The first-order valence-electron chi connectivity index (χ1n) is 9.89. The van der Waals surface area contributed by atoms with Gasteiger partial charge in [-0.15, -0.1) is 0 Å². The molecule has 4 aromatic rings. The first kappa shape index (κ1) is 21.9. The maximum Gasteiger partial charge on any atom is 0.296 e. The van der Waals surface area contributed by atoms with Crippen molar-refractivity contribution in [3.05, 3.63) is 93.6 Å². The molecule has 0 fully saturated rings. The van der Waals surface area contributed by atoms with Crippen LogP contribution in [0.25, 0.3) is 10.9 Å². The van der Waals surface area contributed by atoms with Gasteiger partial charge in [0.15, 0.2) is 0 Å². The molecule has 0 aliphatic carbocycles. The van der Waals surface area contributed by atoms with E-state index in [-0.39, 0.29) is 0 Å². The van der Waals surface area contributed by atoms with Gasteiger partial charge in [-0.1, -0.05) is 47.5 Å². The van der Waals surface area contributed by atoms with E-state index < -0.39 is 11.7 Å². The molecular weight excluding hydrogens is 447 g/mol. The number of nitrogens with zero attached hydrogens (tertiary/aromatic N) is 1. The van der Waals surface area contributed by atoms with Gasteiger partial charge in [0.2, 0.25) is 0 Å². The lowest BCUT2D eigenvalue weighted by Crippen LogP contribution is -2.24. The van der Waals surface area contributed by atoms with Crippen molar-refractivity contribution in [2.24, 2.45) is 7.05 Å². The Bertz CT molecular complexity index is 1330. The van der Waals surface area contributed by atoms with E-state index in [1.54, 1.807) is 49.6 Å². The minimum atomic E-state index is -0.713. The van der Waals surface area contributed by atoms with E-state index in [0.717, 1.165) is 11.1 Å². The summed E-state index contributed by atoms with van der Waals surface area (Å²) in [6.07, 6.45) is 0.350. The largest absolute Gasteiger partial charge is 0.497 e. The number of benzene rings is 3. The summed E-state index contributed by atoms with van der Waals surface area (Å²) in [5.74, 6) is -0.751. The Labute approximate surface area is 195 Å². The normalized spacial score (nSPS) is 10.9. The Balaban J connectivity index is 1.83. The van der Waals surface area contributed by atoms with Crippen LogP contribution in [0.15, 0.2) is 66.7 Å². The Morgan fingerprint density at radius 3 is 2.44 bits per heavy atom. The summed E-state index contributed by atoms with van der Waals surface area (Å²) in [5, 5.41) is 4.34. The van der Waals surface area contributed by atoms with Gasteiger partial charge in [0.1, 0.15) is 5.75 Å². The molecule has 0 atom stereocenters. The number of carbonyl (C=O) groups excluding carboxylic acids is 2. The zero-order valence-electron chi connectivity index (χ0n) is 17.5. The number of halogens is 2. The topological polar surface area (TPSA) is 60.3 Å². The molecule has 0 saturated carbocycles. The number of ether oxygens (including phenoxy) is 1. The van der Waals surface area contributed by atoms with Crippen LogP contribution >= 0.6 is 23.2 Å². The molecule has 32 heavy (non-hydrogen) atoms. The molecule has 1 heterocycles. The van der Waals surface area contributed by atoms with Crippen LogP contribution in [-0.2, 0) is 18.3 Å². The molecule has 162 valence electrons. The lowest BCUT2D eigenvalue weighted by Gasteiger charge is -2.10. The molecule has 3 aromatic carbocycles. The number of fused-ring (bicyclic) bond motifs is 1. The maximum atomic E-state index is 13.4. The minimum Gasteiger partial charge on any atom is -0.497 e. The zero-order chi connectivity index (χ0) is 22.8. The Morgan fingerprint density at radius 2 is 1.75 bits per heavy atom. The Morgan fingerprint density at radius 1 is 1.00 bits per heavy atom. The molecule has 0 aliphatic rings. The highest BCUT2D eigenvalue weighted by molar-refractivity contribution is 6.48. The number of amides is 1. The summed E-state index contributed by atoms with van der Waals surface area (Å²) in [4.78, 5) is 26.3. The number of rotatable bonds is 6. The van der Waals surface area contributed by atoms with Gasteiger partial charge in [-0.3, -0.25) is 9.59 Å². The van der Waals surface area contributed by atoms with Gasteiger partial charge >= 0.3 is 0 Å². The van der Waals surface area contributed by atoms with E-state index in [4.69, 9.17) is 27.9 Å². The van der Waals surface area contributed by atoms with Crippen molar-refractivity contribution < 1.29 is 14.3 Å². The molecule has 0 bridgehead atoms. The van der Waals surface area contributed by atoms with E-state index in [9.17, 15) is 9.59 Å². The number of carbonyl (C=O) groups is 2. The highest BCUT2D eigenvalue weighted by Gasteiger charge is 2.27. The molecule has 1 N–H and O–H groups in total. The summed E-state index contributed by atoms with van der Waals surface area (Å²) >= 11 is 12.4. The molecule has 1 amide bonds. The van der Waals surface area contributed by atoms with Crippen LogP contribution in [0.1, 0.15) is 21.6 Å². The van der Waals surface area contributed by atoms with Crippen molar-refractivity contribution in [3.63, 3.8) is 0 Å². The second kappa shape index (κ2) is 9.07. The predicted molar refractivity (Wildman–Crippen MR) is 128 cm³/mol. The average Bonchev–Trinajstić information content (AvgIpc) is 3.06. The van der Waals surface area contributed by atoms with Gasteiger partial charge in [-0.05, 0) is 48.0 Å². The second-order valence-corrected chi connectivity index (χ2v) is 8.17. The standard InChI is InChI=1S/C25H20Cl2N2O3/c1-29-21-11-10-18(32-2)14-19(21)23(22(29)12-15-8-9-16(26)13-20(15)27)24(30)25(31)28-17-6-4-3-5-7-17/h3-11,13-14H,12H2,1-2H3,(H,28,31). The minimum absolute atomic E-state index is 0.320. The lowest BCUT2D eigenvalue weighted by atomic mass is 10.0. The van der Waals surface area contributed by atoms with Crippen LogP contribution < -0.4 is 10.1 Å². The van der Waals surface area contributed by atoms with Crippen LogP contribution in [-0.4, -0.2) is 23.4 Å². The third-order valence-electron chi connectivity index (χ3n) is 5.37. The number of nitrogens with one attached hydrogen (secondary N) is 1. The number of para-hydroxylation sites is 1. The fourth-order valence-electron chi connectivity index (χ4n) is 3.73. The van der Waals surface area contributed by atoms with E-state index in [1.807, 2.05) is 35.9 Å². The SMILES string of the molecule is COc1ccc2c(c1)c(C(=O)C(=O)Nc1ccccc1)c(Cc1ccc(Cl)cc1Cl)n2C. The van der Waals surface area contributed by atoms with E-state index in [1.165, 1.54) is 0 Å². The van der Waals surface area contributed by atoms with Crippen molar-refractivity contribution >= 4 is 51.5 Å². The van der Waals surface area contributed by atoms with Crippen molar-refractivity contribution in [3.8, 4) is 5.75 Å². The molecule has 1 aromatic heterocycles. The van der Waals surface area contributed by atoms with Crippen LogP contribution in [0.2, 0.25) is 10.0 Å². The summed E-state index contributed by atoms with van der Waals surface area (Å²) < 4.78 is 7.26. The summed E-state index contributed by atoms with van der Waals surface area (Å²) in [6, 6.07) is 19.6. The van der Waals surface area contributed by atoms with Gasteiger partial charge in [0, 0.05) is 45.8 Å². The van der Waals surface area contributed by atoms with Gasteiger partial charge in [0.05, 0.1) is 12.7 Å². The van der Waals surface area contributed by atoms with Crippen LogP contribution in [0.4, 0.5) is 5.69 Å². The lowest BCUT2D eigenvalue weighted by molar-refractivity contribution is -0.112. The third-order valence-corrected chi connectivity index (χ3v) is 5.95. The van der Waals surface area contributed by atoms with Gasteiger partial charge in [-0.2, -0.15) is 0 Å². The van der Waals surface area contributed by atoms with Crippen molar-refractivity contribution in [2.45, 2.75) is 6.42 Å². The molecule has 0 saturated heterocycles.